The number of urea groups is 1. The van der Waals surface area contributed by atoms with Crippen molar-refractivity contribution in [1.29, 1.82) is 0 Å². The van der Waals surface area contributed by atoms with Crippen molar-refractivity contribution in [3.05, 3.63) is 27.7 Å². The summed E-state index contributed by atoms with van der Waals surface area (Å²) in [6.45, 7) is 6.51. The van der Waals surface area contributed by atoms with E-state index in [0.29, 0.717) is 6.54 Å². The average molecular weight is 271 g/mol. The molecule has 0 aliphatic carbocycles. The predicted octanol–water partition coefficient (Wildman–Crippen LogP) is 3.21. The highest BCUT2D eigenvalue weighted by Gasteiger charge is 2.04. The molecule has 2 amide bonds. The predicted molar refractivity (Wildman–Crippen MR) is 66.3 cm³/mol. The number of rotatable bonds is 2. The molecule has 0 aromatic heterocycles. The molecular formula is C11H15BrN2O. The van der Waals surface area contributed by atoms with Crippen molar-refractivity contribution >= 4 is 27.6 Å². The summed E-state index contributed by atoms with van der Waals surface area (Å²) in [6, 6.07) is 3.71. The third-order valence-electron chi connectivity index (χ3n) is 2.03. The minimum atomic E-state index is -0.168. The molecule has 0 atom stereocenters. The van der Waals surface area contributed by atoms with Gasteiger partial charge >= 0.3 is 6.03 Å². The first-order chi connectivity index (χ1) is 7.04. The van der Waals surface area contributed by atoms with Crippen molar-refractivity contribution in [2.24, 2.45) is 0 Å². The summed E-state index contributed by atoms with van der Waals surface area (Å²) in [4.78, 5) is 11.3. The van der Waals surface area contributed by atoms with Gasteiger partial charge in [-0.2, -0.15) is 0 Å². The minimum absolute atomic E-state index is 0.168. The molecule has 1 rings (SSSR count). The number of nitrogens with one attached hydrogen (secondary N) is 2. The van der Waals surface area contributed by atoms with E-state index in [1.807, 2.05) is 32.9 Å². The molecule has 0 spiro atoms. The zero-order valence-electron chi connectivity index (χ0n) is 9.15. The van der Waals surface area contributed by atoms with Crippen LogP contribution >= 0.6 is 15.9 Å². The molecule has 82 valence electrons. The van der Waals surface area contributed by atoms with Crippen LogP contribution in [0.1, 0.15) is 18.1 Å². The van der Waals surface area contributed by atoms with Gasteiger partial charge in [0.25, 0.3) is 0 Å². The first kappa shape index (κ1) is 12.0. The van der Waals surface area contributed by atoms with Crippen LogP contribution in [0.2, 0.25) is 0 Å². The molecule has 0 aliphatic rings. The standard InChI is InChI=1S/C11H15BrN2O/c1-4-13-11(15)14-9-5-7(2)10(12)8(3)6-9/h5-6H,4H2,1-3H3,(H2,13,14,15). The highest BCUT2D eigenvalue weighted by molar-refractivity contribution is 9.10. The van der Waals surface area contributed by atoms with E-state index in [9.17, 15) is 4.79 Å². The summed E-state index contributed by atoms with van der Waals surface area (Å²) in [6.07, 6.45) is 0. The van der Waals surface area contributed by atoms with Crippen LogP contribution in [0, 0.1) is 13.8 Å². The maximum absolute atomic E-state index is 11.3. The Morgan fingerprint density at radius 3 is 2.33 bits per heavy atom. The fourth-order valence-electron chi connectivity index (χ4n) is 1.35. The van der Waals surface area contributed by atoms with E-state index in [-0.39, 0.29) is 6.03 Å². The number of aryl methyl sites for hydroxylation is 2. The molecule has 0 unspecified atom stereocenters. The Hall–Kier alpha value is -1.03. The van der Waals surface area contributed by atoms with Gasteiger partial charge in [-0.3, -0.25) is 0 Å². The first-order valence-electron chi connectivity index (χ1n) is 4.86. The van der Waals surface area contributed by atoms with Crippen molar-refractivity contribution in [3.8, 4) is 0 Å². The van der Waals surface area contributed by atoms with Gasteiger partial charge in [0.1, 0.15) is 0 Å². The topological polar surface area (TPSA) is 41.1 Å². The number of hydrogen-bond donors (Lipinski definition) is 2. The number of halogens is 1. The molecule has 0 aliphatic heterocycles. The first-order valence-corrected chi connectivity index (χ1v) is 5.65. The lowest BCUT2D eigenvalue weighted by molar-refractivity contribution is 0.252. The van der Waals surface area contributed by atoms with E-state index >= 15 is 0 Å². The summed E-state index contributed by atoms with van der Waals surface area (Å²) in [5, 5.41) is 5.47. The molecule has 1 aromatic carbocycles. The second-order valence-electron chi connectivity index (χ2n) is 3.41. The zero-order chi connectivity index (χ0) is 11.4. The van der Waals surface area contributed by atoms with Crippen LogP contribution in [-0.2, 0) is 0 Å². The van der Waals surface area contributed by atoms with Crippen LogP contribution in [-0.4, -0.2) is 12.6 Å². The quantitative estimate of drug-likeness (QED) is 0.852. The van der Waals surface area contributed by atoms with E-state index in [4.69, 9.17) is 0 Å². The molecule has 15 heavy (non-hydrogen) atoms. The third-order valence-corrected chi connectivity index (χ3v) is 3.28. The molecule has 0 bridgehead atoms. The Morgan fingerprint density at radius 2 is 1.87 bits per heavy atom. The summed E-state index contributed by atoms with van der Waals surface area (Å²) < 4.78 is 1.09. The molecule has 4 heteroatoms. The van der Waals surface area contributed by atoms with Gasteiger partial charge in [0.15, 0.2) is 0 Å². The number of hydrogen-bond acceptors (Lipinski definition) is 1. The lowest BCUT2D eigenvalue weighted by atomic mass is 10.1. The molecule has 3 nitrogen and oxygen atoms in total. The smallest absolute Gasteiger partial charge is 0.319 e. The maximum Gasteiger partial charge on any atom is 0.319 e. The lowest BCUT2D eigenvalue weighted by Crippen LogP contribution is -2.28. The Labute approximate surface area is 98.4 Å². The highest BCUT2D eigenvalue weighted by atomic mass is 79.9. The fourth-order valence-corrected chi connectivity index (χ4v) is 1.58. The Balaban J connectivity index is 2.83. The molecule has 0 saturated carbocycles. The molecule has 1 aromatic rings. The van der Waals surface area contributed by atoms with Crippen molar-refractivity contribution in [2.45, 2.75) is 20.8 Å². The van der Waals surface area contributed by atoms with Crippen molar-refractivity contribution < 1.29 is 4.79 Å². The van der Waals surface area contributed by atoms with Gasteiger partial charge < -0.3 is 10.6 Å². The van der Waals surface area contributed by atoms with Crippen LogP contribution in [0.25, 0.3) is 0 Å². The van der Waals surface area contributed by atoms with Gasteiger partial charge in [-0.1, -0.05) is 15.9 Å². The Morgan fingerprint density at radius 1 is 1.33 bits per heavy atom. The summed E-state index contributed by atoms with van der Waals surface area (Å²) in [5.41, 5.74) is 3.04. The van der Waals surface area contributed by atoms with Crippen LogP contribution in [0.5, 0.6) is 0 Å². The lowest BCUT2D eigenvalue weighted by Gasteiger charge is -2.09. The molecule has 0 radical (unpaired) electrons. The second-order valence-corrected chi connectivity index (χ2v) is 4.20. The Bertz CT molecular complexity index is 354. The van der Waals surface area contributed by atoms with Gasteiger partial charge in [0.2, 0.25) is 0 Å². The highest BCUT2D eigenvalue weighted by Crippen LogP contribution is 2.24. The van der Waals surface area contributed by atoms with Gasteiger partial charge in [0.05, 0.1) is 0 Å². The van der Waals surface area contributed by atoms with Crippen molar-refractivity contribution in [2.75, 3.05) is 11.9 Å². The van der Waals surface area contributed by atoms with Crippen molar-refractivity contribution in [3.63, 3.8) is 0 Å². The van der Waals surface area contributed by atoms with Crippen LogP contribution in [0.3, 0.4) is 0 Å². The normalized spacial score (nSPS) is 9.87. The summed E-state index contributed by atoms with van der Waals surface area (Å²) in [5.74, 6) is 0. The number of benzene rings is 1. The number of amides is 2. The van der Waals surface area contributed by atoms with E-state index in [1.54, 1.807) is 0 Å². The van der Waals surface area contributed by atoms with E-state index < -0.39 is 0 Å². The molecular weight excluding hydrogens is 256 g/mol. The van der Waals surface area contributed by atoms with E-state index in [2.05, 4.69) is 26.6 Å². The Kier molecular flexibility index (Phi) is 4.15. The zero-order valence-corrected chi connectivity index (χ0v) is 10.7. The maximum atomic E-state index is 11.3. The summed E-state index contributed by atoms with van der Waals surface area (Å²) >= 11 is 3.48. The number of carbonyl (C=O) groups is 1. The molecule has 2 N–H and O–H groups in total. The second kappa shape index (κ2) is 5.16. The van der Waals surface area contributed by atoms with Gasteiger partial charge in [0, 0.05) is 16.7 Å². The van der Waals surface area contributed by atoms with Crippen LogP contribution < -0.4 is 10.6 Å². The van der Waals surface area contributed by atoms with Gasteiger partial charge in [-0.25, -0.2) is 4.79 Å². The monoisotopic (exact) mass is 270 g/mol. The third kappa shape index (κ3) is 3.23. The summed E-state index contributed by atoms with van der Waals surface area (Å²) in [7, 11) is 0. The van der Waals surface area contributed by atoms with E-state index in [1.165, 1.54) is 0 Å². The van der Waals surface area contributed by atoms with Crippen LogP contribution in [0.4, 0.5) is 10.5 Å². The van der Waals surface area contributed by atoms with Gasteiger partial charge in [-0.15, -0.1) is 0 Å². The van der Waals surface area contributed by atoms with Crippen LogP contribution in [0.15, 0.2) is 16.6 Å². The SMILES string of the molecule is CCNC(=O)Nc1cc(C)c(Br)c(C)c1. The number of carbonyl (C=O) groups excluding carboxylic acids is 1. The fraction of sp³-hybridized carbons (Fsp3) is 0.364. The molecule has 0 heterocycles. The van der Waals surface area contributed by atoms with Gasteiger partial charge in [-0.05, 0) is 44.0 Å². The minimum Gasteiger partial charge on any atom is -0.338 e. The number of anilines is 1. The van der Waals surface area contributed by atoms with Crippen molar-refractivity contribution in [1.82, 2.24) is 5.32 Å². The molecule has 0 fully saturated rings. The molecule has 0 saturated heterocycles. The van der Waals surface area contributed by atoms with E-state index in [0.717, 1.165) is 21.3 Å². The largest absolute Gasteiger partial charge is 0.338 e. The average Bonchev–Trinajstić information content (AvgIpc) is 2.14.